The van der Waals surface area contributed by atoms with Crippen LogP contribution in [0.1, 0.15) is 12.5 Å². The van der Waals surface area contributed by atoms with Crippen molar-refractivity contribution < 1.29 is 15.0 Å². The normalized spacial score (nSPS) is 14.1. The van der Waals surface area contributed by atoms with Gasteiger partial charge in [-0.2, -0.15) is 0 Å². The van der Waals surface area contributed by atoms with E-state index in [1.807, 2.05) is 0 Å². The van der Waals surface area contributed by atoms with Crippen LogP contribution in [0.5, 0.6) is 5.75 Å². The van der Waals surface area contributed by atoms with E-state index in [2.05, 4.69) is 5.32 Å². The first-order chi connectivity index (χ1) is 7.99. The van der Waals surface area contributed by atoms with Crippen LogP contribution in [0.2, 0.25) is 0 Å². The summed E-state index contributed by atoms with van der Waals surface area (Å²) in [4.78, 5) is 11.5. The molecular weight excluding hydrogens is 220 g/mol. The molecule has 1 rings (SSSR count). The smallest absolute Gasteiger partial charge is 0.237 e. The van der Waals surface area contributed by atoms with Gasteiger partial charge in [-0.15, -0.1) is 0 Å². The molecule has 1 aromatic rings. The molecule has 0 aliphatic heterocycles. The number of carbonyl (C=O) groups is 1. The van der Waals surface area contributed by atoms with Gasteiger partial charge in [0, 0.05) is 6.54 Å². The van der Waals surface area contributed by atoms with Gasteiger partial charge in [0.1, 0.15) is 5.75 Å². The van der Waals surface area contributed by atoms with Crippen molar-refractivity contribution in [1.29, 1.82) is 0 Å². The van der Waals surface area contributed by atoms with E-state index in [9.17, 15) is 4.79 Å². The number of rotatable bonds is 5. The Balaban J connectivity index is 2.45. The maximum absolute atomic E-state index is 11.5. The third-order valence-corrected chi connectivity index (χ3v) is 2.30. The minimum Gasteiger partial charge on any atom is -0.508 e. The highest BCUT2D eigenvalue weighted by molar-refractivity contribution is 5.81. The highest BCUT2D eigenvalue weighted by Gasteiger charge is 2.14. The summed E-state index contributed by atoms with van der Waals surface area (Å²) >= 11 is 0. The number of nitrogens with one attached hydrogen (secondary N) is 1. The fourth-order valence-electron chi connectivity index (χ4n) is 1.36. The summed E-state index contributed by atoms with van der Waals surface area (Å²) in [6, 6.07) is 5.89. The lowest BCUT2D eigenvalue weighted by atomic mass is 10.1. The van der Waals surface area contributed by atoms with E-state index in [0.29, 0.717) is 6.42 Å². The van der Waals surface area contributed by atoms with E-state index in [-0.39, 0.29) is 18.2 Å². The van der Waals surface area contributed by atoms with E-state index in [1.165, 1.54) is 0 Å². The predicted molar refractivity (Wildman–Crippen MR) is 64.5 cm³/mol. The molecule has 0 saturated carbocycles. The minimum atomic E-state index is -0.654. The molecule has 1 amide bonds. The zero-order chi connectivity index (χ0) is 12.8. The summed E-state index contributed by atoms with van der Waals surface area (Å²) in [7, 11) is 0. The third-order valence-electron chi connectivity index (χ3n) is 2.30. The van der Waals surface area contributed by atoms with Crippen molar-refractivity contribution in [3.63, 3.8) is 0 Å². The van der Waals surface area contributed by atoms with Crippen LogP contribution in [-0.2, 0) is 11.2 Å². The Morgan fingerprint density at radius 2 is 2.00 bits per heavy atom. The molecule has 0 heterocycles. The van der Waals surface area contributed by atoms with Crippen LogP contribution in [-0.4, -0.2) is 34.8 Å². The second kappa shape index (κ2) is 6.22. The van der Waals surface area contributed by atoms with Crippen molar-refractivity contribution in [2.75, 3.05) is 6.54 Å². The maximum Gasteiger partial charge on any atom is 0.237 e. The van der Waals surface area contributed by atoms with E-state index in [4.69, 9.17) is 15.9 Å². The van der Waals surface area contributed by atoms with Gasteiger partial charge in [0.2, 0.25) is 5.91 Å². The molecule has 1 unspecified atom stereocenters. The lowest BCUT2D eigenvalue weighted by Gasteiger charge is -2.13. The van der Waals surface area contributed by atoms with Gasteiger partial charge >= 0.3 is 0 Å². The van der Waals surface area contributed by atoms with Gasteiger partial charge in [0.05, 0.1) is 12.1 Å². The molecule has 2 atom stereocenters. The number of nitrogens with two attached hydrogens (primary N) is 1. The Morgan fingerprint density at radius 1 is 1.41 bits per heavy atom. The van der Waals surface area contributed by atoms with Crippen LogP contribution in [0.25, 0.3) is 0 Å². The fraction of sp³-hybridized carbons (Fsp3) is 0.417. The molecule has 0 aromatic heterocycles. The molecule has 0 radical (unpaired) electrons. The van der Waals surface area contributed by atoms with Crippen LogP contribution < -0.4 is 11.1 Å². The number of carbonyl (C=O) groups excluding carboxylic acids is 1. The maximum atomic E-state index is 11.5. The van der Waals surface area contributed by atoms with Gasteiger partial charge in [-0.05, 0) is 31.0 Å². The van der Waals surface area contributed by atoms with Gasteiger partial charge in [0.15, 0.2) is 0 Å². The van der Waals surface area contributed by atoms with Gasteiger partial charge < -0.3 is 21.3 Å². The molecule has 0 bridgehead atoms. The first-order valence-electron chi connectivity index (χ1n) is 5.48. The van der Waals surface area contributed by atoms with E-state index in [0.717, 1.165) is 5.56 Å². The molecule has 0 aliphatic rings. The molecule has 5 N–H and O–H groups in total. The van der Waals surface area contributed by atoms with Gasteiger partial charge in [-0.3, -0.25) is 4.79 Å². The first-order valence-corrected chi connectivity index (χ1v) is 5.48. The Bertz CT molecular complexity index is 363. The number of aromatic hydroxyl groups is 1. The molecule has 0 aliphatic carbocycles. The van der Waals surface area contributed by atoms with Crippen molar-refractivity contribution in [2.45, 2.75) is 25.5 Å². The first kappa shape index (κ1) is 13.5. The van der Waals surface area contributed by atoms with Crippen LogP contribution in [0.15, 0.2) is 24.3 Å². The molecule has 5 heteroatoms. The quantitative estimate of drug-likeness (QED) is 0.569. The van der Waals surface area contributed by atoms with Crippen molar-refractivity contribution in [2.24, 2.45) is 5.73 Å². The number of aliphatic hydroxyl groups is 1. The van der Waals surface area contributed by atoms with E-state index < -0.39 is 12.1 Å². The summed E-state index contributed by atoms with van der Waals surface area (Å²) < 4.78 is 0. The van der Waals surface area contributed by atoms with E-state index in [1.54, 1.807) is 31.2 Å². The van der Waals surface area contributed by atoms with Crippen molar-refractivity contribution >= 4 is 5.91 Å². The standard InChI is InChI=1S/C12H18N2O3/c1-8(15)7-14-12(17)11(13)6-9-2-4-10(16)5-3-9/h2-5,8,11,15-16H,6-7,13H2,1H3,(H,14,17)/t8-,11?/m0/s1. The van der Waals surface area contributed by atoms with Gasteiger partial charge in [-0.25, -0.2) is 0 Å². The number of benzene rings is 1. The molecule has 0 fully saturated rings. The number of aliphatic hydroxyl groups excluding tert-OH is 1. The minimum absolute atomic E-state index is 0.181. The summed E-state index contributed by atoms with van der Waals surface area (Å²) in [6.45, 7) is 1.79. The molecule has 0 saturated heterocycles. The zero-order valence-electron chi connectivity index (χ0n) is 9.76. The second-order valence-electron chi connectivity index (χ2n) is 4.07. The van der Waals surface area contributed by atoms with Crippen molar-refractivity contribution in [1.82, 2.24) is 5.32 Å². The highest BCUT2D eigenvalue weighted by Crippen LogP contribution is 2.10. The number of amides is 1. The topological polar surface area (TPSA) is 95.6 Å². The Kier molecular flexibility index (Phi) is 4.93. The molecule has 1 aromatic carbocycles. The number of hydrogen-bond acceptors (Lipinski definition) is 4. The van der Waals surface area contributed by atoms with E-state index >= 15 is 0 Å². The lowest BCUT2D eigenvalue weighted by Crippen LogP contribution is -2.44. The summed E-state index contributed by atoms with van der Waals surface area (Å²) in [5.74, 6) is -0.111. The number of phenolic OH excluding ortho intramolecular Hbond substituents is 1. The third kappa shape index (κ3) is 4.84. The zero-order valence-corrected chi connectivity index (χ0v) is 9.76. The monoisotopic (exact) mass is 238 g/mol. The second-order valence-corrected chi connectivity index (χ2v) is 4.07. The largest absolute Gasteiger partial charge is 0.508 e. The Labute approximate surface area is 100 Å². The number of phenols is 1. The van der Waals surface area contributed by atoms with Crippen LogP contribution >= 0.6 is 0 Å². The SMILES string of the molecule is C[C@H](O)CNC(=O)C(N)Cc1ccc(O)cc1. The summed E-state index contributed by atoms with van der Waals surface area (Å²) in [5, 5.41) is 20.7. The van der Waals surface area contributed by atoms with Crippen molar-refractivity contribution in [3.05, 3.63) is 29.8 Å². The Hall–Kier alpha value is -1.59. The van der Waals surface area contributed by atoms with Crippen molar-refractivity contribution in [3.8, 4) is 5.75 Å². The van der Waals surface area contributed by atoms with Crippen LogP contribution in [0, 0.1) is 0 Å². The molecule has 94 valence electrons. The molecule has 17 heavy (non-hydrogen) atoms. The predicted octanol–water partition coefficient (Wildman–Crippen LogP) is -0.241. The van der Waals surface area contributed by atoms with Gasteiger partial charge in [-0.1, -0.05) is 12.1 Å². The van der Waals surface area contributed by atoms with Crippen LogP contribution in [0.3, 0.4) is 0 Å². The Morgan fingerprint density at radius 3 is 2.53 bits per heavy atom. The molecule has 5 nitrogen and oxygen atoms in total. The molecular formula is C12H18N2O3. The highest BCUT2D eigenvalue weighted by atomic mass is 16.3. The number of hydrogen-bond donors (Lipinski definition) is 4. The van der Waals surface area contributed by atoms with Crippen LogP contribution in [0.4, 0.5) is 0 Å². The average Bonchev–Trinajstić information content (AvgIpc) is 2.28. The van der Waals surface area contributed by atoms with Gasteiger partial charge in [0.25, 0.3) is 0 Å². The average molecular weight is 238 g/mol. The molecule has 0 spiro atoms. The lowest BCUT2D eigenvalue weighted by molar-refractivity contribution is -0.122. The fourth-order valence-corrected chi connectivity index (χ4v) is 1.36. The summed E-state index contributed by atoms with van der Waals surface area (Å²) in [5.41, 5.74) is 6.59. The summed E-state index contributed by atoms with van der Waals surface area (Å²) in [6.07, 6.45) is -0.189.